The molecule has 0 aliphatic carbocycles. The summed E-state index contributed by atoms with van der Waals surface area (Å²) in [7, 11) is -4.28. The lowest BCUT2D eigenvalue weighted by Crippen LogP contribution is -2.54. The van der Waals surface area contributed by atoms with E-state index < -0.39 is 34.3 Å². The summed E-state index contributed by atoms with van der Waals surface area (Å²) >= 11 is 0. The lowest BCUT2D eigenvalue weighted by atomic mass is 10.0. The Bertz CT molecular complexity index is 1590. The third-order valence-corrected chi connectivity index (χ3v) is 8.98. The van der Waals surface area contributed by atoms with Gasteiger partial charge in [0.05, 0.1) is 10.6 Å². The highest BCUT2D eigenvalue weighted by Gasteiger charge is 2.34. The van der Waals surface area contributed by atoms with Gasteiger partial charge in [-0.15, -0.1) is 0 Å². The third-order valence-electron chi connectivity index (χ3n) is 7.19. The van der Waals surface area contributed by atoms with Crippen molar-refractivity contribution >= 4 is 27.5 Å². The van der Waals surface area contributed by atoms with E-state index in [0.29, 0.717) is 6.42 Å². The van der Waals surface area contributed by atoms with Gasteiger partial charge in [-0.05, 0) is 60.9 Å². The number of anilines is 1. The maximum Gasteiger partial charge on any atom is 0.264 e. The Labute approximate surface area is 253 Å². The molecule has 4 aromatic carbocycles. The number of nitrogens with zero attached hydrogens (tertiary/aromatic N) is 2. The van der Waals surface area contributed by atoms with Crippen LogP contribution in [0.4, 0.5) is 10.1 Å². The molecule has 0 spiro atoms. The second-order valence-electron chi connectivity index (χ2n) is 10.3. The van der Waals surface area contributed by atoms with Crippen molar-refractivity contribution in [2.45, 2.75) is 50.2 Å². The Morgan fingerprint density at radius 1 is 0.791 bits per heavy atom. The largest absolute Gasteiger partial charge is 0.352 e. The average Bonchev–Trinajstić information content (AvgIpc) is 3.02. The van der Waals surface area contributed by atoms with Gasteiger partial charge >= 0.3 is 0 Å². The maximum absolute atomic E-state index is 14.3. The molecular formula is C34H36FN3O4S. The number of nitrogens with one attached hydrogen (secondary N) is 1. The van der Waals surface area contributed by atoms with Crippen molar-refractivity contribution in [3.8, 4) is 0 Å². The third kappa shape index (κ3) is 8.29. The van der Waals surface area contributed by atoms with Crippen molar-refractivity contribution in [3.05, 3.63) is 132 Å². The van der Waals surface area contributed by atoms with Gasteiger partial charge in [-0.3, -0.25) is 13.9 Å². The van der Waals surface area contributed by atoms with Crippen LogP contribution < -0.4 is 9.62 Å². The van der Waals surface area contributed by atoms with E-state index in [1.165, 1.54) is 17.0 Å². The number of para-hydroxylation sites is 1. The zero-order valence-electron chi connectivity index (χ0n) is 24.3. The molecule has 2 atom stereocenters. The van der Waals surface area contributed by atoms with Crippen molar-refractivity contribution in [2.75, 3.05) is 10.8 Å². The molecule has 1 N–H and O–H groups in total. The van der Waals surface area contributed by atoms with Crippen LogP contribution >= 0.6 is 0 Å². The SMILES string of the molecule is CC[C@@H](C)NC(=O)[C@@H](Cc1ccccc1)N(Cc1ccccc1)C(=O)CN(c1ccccc1)S(=O)(=O)c1ccc(F)cc1. The minimum absolute atomic E-state index is 0.0876. The van der Waals surface area contributed by atoms with Crippen LogP contribution in [-0.4, -0.2) is 43.8 Å². The van der Waals surface area contributed by atoms with Gasteiger partial charge in [0.25, 0.3) is 10.0 Å². The summed E-state index contributed by atoms with van der Waals surface area (Å²) in [4.78, 5) is 29.4. The zero-order chi connectivity index (χ0) is 30.8. The van der Waals surface area contributed by atoms with E-state index in [4.69, 9.17) is 0 Å². The monoisotopic (exact) mass is 601 g/mol. The summed E-state index contributed by atoms with van der Waals surface area (Å²) in [5.74, 6) is -1.46. The van der Waals surface area contributed by atoms with Crippen LogP contribution in [0.2, 0.25) is 0 Å². The second kappa shape index (κ2) is 14.6. The molecule has 0 saturated carbocycles. The van der Waals surface area contributed by atoms with Crippen LogP contribution in [0.1, 0.15) is 31.4 Å². The predicted octanol–water partition coefficient (Wildman–Crippen LogP) is 5.58. The zero-order valence-corrected chi connectivity index (χ0v) is 25.1. The summed E-state index contributed by atoms with van der Waals surface area (Å²) in [6.45, 7) is 3.37. The first kappa shape index (κ1) is 31.4. The van der Waals surface area contributed by atoms with Crippen LogP contribution in [-0.2, 0) is 32.6 Å². The van der Waals surface area contributed by atoms with Crippen molar-refractivity contribution in [1.29, 1.82) is 0 Å². The maximum atomic E-state index is 14.3. The van der Waals surface area contributed by atoms with Crippen LogP contribution in [0.5, 0.6) is 0 Å². The molecule has 0 radical (unpaired) electrons. The normalized spacial score (nSPS) is 12.6. The first-order valence-electron chi connectivity index (χ1n) is 14.2. The molecule has 2 amide bonds. The Morgan fingerprint density at radius 2 is 1.33 bits per heavy atom. The molecule has 7 nitrogen and oxygen atoms in total. The van der Waals surface area contributed by atoms with Gasteiger partial charge in [0.2, 0.25) is 11.8 Å². The van der Waals surface area contributed by atoms with Crippen LogP contribution in [0.3, 0.4) is 0 Å². The Hall–Kier alpha value is -4.50. The fourth-order valence-electron chi connectivity index (χ4n) is 4.63. The summed E-state index contributed by atoms with van der Waals surface area (Å²) in [5, 5.41) is 3.02. The van der Waals surface area contributed by atoms with E-state index in [2.05, 4.69) is 5.32 Å². The molecule has 0 unspecified atom stereocenters. The molecule has 4 rings (SSSR count). The van der Waals surface area contributed by atoms with Gasteiger partial charge in [0.15, 0.2) is 0 Å². The Balaban J connectivity index is 1.77. The molecule has 9 heteroatoms. The van der Waals surface area contributed by atoms with E-state index in [-0.39, 0.29) is 35.5 Å². The van der Waals surface area contributed by atoms with Crippen LogP contribution in [0, 0.1) is 5.82 Å². The number of carbonyl (C=O) groups excluding carboxylic acids is 2. The lowest BCUT2D eigenvalue weighted by molar-refractivity contribution is -0.140. The van der Waals surface area contributed by atoms with E-state index in [1.54, 1.807) is 30.3 Å². The summed E-state index contributed by atoms with van der Waals surface area (Å²) < 4.78 is 42.5. The molecule has 0 aliphatic heterocycles. The minimum Gasteiger partial charge on any atom is -0.352 e. The quantitative estimate of drug-likeness (QED) is 0.217. The summed E-state index contributed by atoms with van der Waals surface area (Å²) in [6, 6.07) is 30.4. The fourth-order valence-corrected chi connectivity index (χ4v) is 6.05. The Morgan fingerprint density at radius 3 is 1.88 bits per heavy atom. The molecule has 0 saturated heterocycles. The van der Waals surface area contributed by atoms with Gasteiger partial charge in [-0.2, -0.15) is 0 Å². The Kier molecular flexibility index (Phi) is 10.7. The molecule has 4 aromatic rings. The van der Waals surface area contributed by atoms with E-state index in [0.717, 1.165) is 27.6 Å². The molecule has 0 heterocycles. The highest BCUT2D eigenvalue weighted by atomic mass is 32.2. The van der Waals surface area contributed by atoms with E-state index in [1.807, 2.05) is 74.5 Å². The van der Waals surface area contributed by atoms with Crippen LogP contribution in [0.25, 0.3) is 0 Å². The fraction of sp³-hybridized carbons (Fsp3) is 0.235. The molecule has 0 aromatic heterocycles. The van der Waals surface area contributed by atoms with Gasteiger partial charge in [-0.1, -0.05) is 85.8 Å². The molecular weight excluding hydrogens is 565 g/mol. The lowest BCUT2D eigenvalue weighted by Gasteiger charge is -2.34. The van der Waals surface area contributed by atoms with Crippen molar-refractivity contribution in [2.24, 2.45) is 0 Å². The molecule has 0 bridgehead atoms. The molecule has 224 valence electrons. The van der Waals surface area contributed by atoms with Gasteiger partial charge in [0, 0.05) is 19.0 Å². The number of amides is 2. The number of hydrogen-bond donors (Lipinski definition) is 1. The number of rotatable bonds is 13. The van der Waals surface area contributed by atoms with Crippen LogP contribution in [0.15, 0.2) is 120 Å². The standard InChI is InChI=1S/C34H36FN3O4S/c1-3-26(2)36-34(40)32(23-27-13-7-4-8-14-27)37(24-28-15-9-5-10-16-28)33(39)25-38(30-17-11-6-12-18-30)43(41,42)31-21-19-29(35)20-22-31/h4-22,26,32H,3,23-25H2,1-2H3,(H,36,40)/t26-,32-/m1/s1. The highest BCUT2D eigenvalue weighted by Crippen LogP contribution is 2.25. The summed E-state index contributed by atoms with van der Waals surface area (Å²) in [6.07, 6.45) is 0.936. The van der Waals surface area contributed by atoms with E-state index in [9.17, 15) is 22.4 Å². The molecule has 43 heavy (non-hydrogen) atoms. The first-order valence-corrected chi connectivity index (χ1v) is 15.6. The topological polar surface area (TPSA) is 86.8 Å². The predicted molar refractivity (Wildman–Crippen MR) is 166 cm³/mol. The highest BCUT2D eigenvalue weighted by molar-refractivity contribution is 7.92. The smallest absolute Gasteiger partial charge is 0.264 e. The molecule has 0 fully saturated rings. The van der Waals surface area contributed by atoms with Gasteiger partial charge in [0.1, 0.15) is 18.4 Å². The minimum atomic E-state index is -4.28. The van der Waals surface area contributed by atoms with Gasteiger partial charge in [-0.25, -0.2) is 12.8 Å². The number of hydrogen-bond acceptors (Lipinski definition) is 4. The first-order chi connectivity index (χ1) is 20.7. The number of carbonyl (C=O) groups is 2. The summed E-state index contributed by atoms with van der Waals surface area (Å²) in [5.41, 5.74) is 1.91. The second-order valence-corrected chi connectivity index (χ2v) is 12.2. The number of benzene rings is 4. The average molecular weight is 602 g/mol. The van der Waals surface area contributed by atoms with Crippen molar-refractivity contribution in [1.82, 2.24) is 10.2 Å². The van der Waals surface area contributed by atoms with Crippen molar-refractivity contribution in [3.63, 3.8) is 0 Å². The number of sulfonamides is 1. The number of halogens is 1. The van der Waals surface area contributed by atoms with E-state index >= 15 is 0 Å². The van der Waals surface area contributed by atoms with Gasteiger partial charge < -0.3 is 10.2 Å². The van der Waals surface area contributed by atoms with Crippen molar-refractivity contribution < 1.29 is 22.4 Å². The molecule has 0 aliphatic rings.